The normalized spacial score (nSPS) is 11.5. The van der Waals surface area contributed by atoms with Crippen molar-refractivity contribution in [2.75, 3.05) is 0 Å². The van der Waals surface area contributed by atoms with Crippen LogP contribution in [0.3, 0.4) is 0 Å². The maximum Gasteiger partial charge on any atom is 0.345 e. The highest BCUT2D eigenvalue weighted by Gasteiger charge is 2.13. The van der Waals surface area contributed by atoms with Gasteiger partial charge in [0.1, 0.15) is 16.3 Å². The van der Waals surface area contributed by atoms with Gasteiger partial charge in [0.15, 0.2) is 0 Å². The summed E-state index contributed by atoms with van der Waals surface area (Å²) in [4.78, 5) is 17.2. The fourth-order valence-corrected chi connectivity index (χ4v) is 4.25. The summed E-state index contributed by atoms with van der Waals surface area (Å²) >= 11 is 1.48. The maximum atomic E-state index is 12.6. The molecule has 2 heterocycles. The first-order valence-corrected chi connectivity index (χ1v) is 11.5. The number of hydrogen-bond donors (Lipinski definition) is 1. The van der Waals surface area contributed by atoms with Crippen LogP contribution in [0, 0.1) is 0 Å². The lowest BCUT2D eigenvalue weighted by Gasteiger charge is -2.07. The van der Waals surface area contributed by atoms with E-state index in [1.54, 1.807) is 6.07 Å². The summed E-state index contributed by atoms with van der Waals surface area (Å²) in [7, 11) is 0. The number of hydrogen-bond acceptors (Lipinski definition) is 5. The summed E-state index contributed by atoms with van der Waals surface area (Å²) in [5, 5.41) is 13.8. The van der Waals surface area contributed by atoms with Gasteiger partial charge in [-0.05, 0) is 42.2 Å². The molecule has 0 radical (unpaired) electrons. The average molecular weight is 432 g/mol. The third-order valence-electron chi connectivity index (χ3n) is 5.25. The molecule has 0 aliphatic carbocycles. The van der Waals surface area contributed by atoms with Crippen LogP contribution in [0.4, 0.5) is 0 Å². The quantitative estimate of drug-likeness (QED) is 0.243. The first-order chi connectivity index (χ1) is 15.1. The lowest BCUT2D eigenvalue weighted by atomic mass is 10.0. The fraction of sp³-hybridized carbons (Fsp3) is 0.231. The SMILES string of the molecule is CCCCCCc1cc2cc(-c3csc(/C=C/c4ccccc4)n3)c(=O)oc2cc1O. The molecule has 2 aromatic carbocycles. The standard InChI is InChI=1S/C26H25NO3S/c1-2-3-4-8-11-19-14-20-15-21(26(29)30-24(20)16-23(19)28)22-17-31-25(27-22)13-12-18-9-6-5-7-10-18/h5-7,9-10,12-17,28H,2-4,8,11H2,1H3/b13-12+. The van der Waals surface area contributed by atoms with Crippen molar-refractivity contribution in [1.82, 2.24) is 4.98 Å². The molecule has 0 saturated heterocycles. The molecule has 0 spiro atoms. The van der Waals surface area contributed by atoms with Crippen molar-refractivity contribution in [2.24, 2.45) is 0 Å². The topological polar surface area (TPSA) is 63.3 Å². The first kappa shape index (κ1) is 21.1. The van der Waals surface area contributed by atoms with E-state index >= 15 is 0 Å². The Morgan fingerprint density at radius 1 is 1.06 bits per heavy atom. The van der Waals surface area contributed by atoms with Crippen LogP contribution in [-0.4, -0.2) is 10.1 Å². The molecule has 2 aromatic heterocycles. The highest BCUT2D eigenvalue weighted by Crippen LogP contribution is 2.29. The van der Waals surface area contributed by atoms with Gasteiger partial charge in [-0.3, -0.25) is 0 Å². The second kappa shape index (κ2) is 9.75. The van der Waals surface area contributed by atoms with Gasteiger partial charge < -0.3 is 9.52 Å². The molecule has 0 fully saturated rings. The number of aromatic nitrogens is 1. The number of aromatic hydroxyl groups is 1. The van der Waals surface area contributed by atoms with Gasteiger partial charge in [-0.2, -0.15) is 0 Å². The Balaban J connectivity index is 1.61. The highest BCUT2D eigenvalue weighted by atomic mass is 32.1. The molecule has 0 saturated carbocycles. The first-order valence-electron chi connectivity index (χ1n) is 10.6. The molecule has 0 aliphatic rings. The zero-order valence-electron chi connectivity index (χ0n) is 17.5. The fourth-order valence-electron chi connectivity index (χ4n) is 3.54. The molecule has 5 heteroatoms. The summed E-state index contributed by atoms with van der Waals surface area (Å²) < 4.78 is 5.50. The lowest BCUT2D eigenvalue weighted by Crippen LogP contribution is -2.03. The van der Waals surface area contributed by atoms with Crippen LogP contribution in [-0.2, 0) is 6.42 Å². The van der Waals surface area contributed by atoms with Gasteiger partial charge in [0.05, 0.1) is 11.3 Å². The van der Waals surface area contributed by atoms with Crippen LogP contribution in [0.15, 0.2) is 63.1 Å². The average Bonchev–Trinajstić information content (AvgIpc) is 3.25. The zero-order chi connectivity index (χ0) is 21.6. The van der Waals surface area contributed by atoms with Crippen molar-refractivity contribution in [3.63, 3.8) is 0 Å². The van der Waals surface area contributed by atoms with Crippen molar-refractivity contribution in [1.29, 1.82) is 0 Å². The molecule has 0 amide bonds. The van der Waals surface area contributed by atoms with Crippen molar-refractivity contribution in [3.05, 3.63) is 80.5 Å². The minimum absolute atomic E-state index is 0.182. The van der Waals surface area contributed by atoms with Gasteiger partial charge in [0.25, 0.3) is 0 Å². The monoisotopic (exact) mass is 431 g/mol. The number of nitrogens with zero attached hydrogens (tertiary/aromatic N) is 1. The molecular formula is C26H25NO3S. The molecule has 0 atom stereocenters. The molecular weight excluding hydrogens is 406 g/mol. The summed E-state index contributed by atoms with van der Waals surface area (Å²) in [6, 6.07) is 15.3. The summed E-state index contributed by atoms with van der Waals surface area (Å²) in [5.74, 6) is 0.182. The van der Waals surface area contributed by atoms with E-state index in [1.165, 1.54) is 24.2 Å². The van der Waals surface area contributed by atoms with Crippen LogP contribution in [0.5, 0.6) is 5.75 Å². The van der Waals surface area contributed by atoms with E-state index in [9.17, 15) is 9.90 Å². The predicted octanol–water partition coefficient (Wildman–Crippen LogP) is 6.92. The van der Waals surface area contributed by atoms with Crippen LogP contribution in [0.2, 0.25) is 0 Å². The third-order valence-corrected chi connectivity index (χ3v) is 6.06. The van der Waals surface area contributed by atoms with Crippen LogP contribution < -0.4 is 5.63 Å². The molecule has 31 heavy (non-hydrogen) atoms. The Hall–Kier alpha value is -3.18. The summed E-state index contributed by atoms with van der Waals surface area (Å²) in [6.07, 6.45) is 9.28. The highest BCUT2D eigenvalue weighted by molar-refractivity contribution is 7.10. The van der Waals surface area contributed by atoms with E-state index in [0.717, 1.165) is 40.8 Å². The summed E-state index contributed by atoms with van der Waals surface area (Å²) in [5.41, 5.74) is 2.95. The largest absolute Gasteiger partial charge is 0.508 e. The number of aryl methyl sites for hydroxylation is 1. The smallest absolute Gasteiger partial charge is 0.345 e. The van der Waals surface area contributed by atoms with Gasteiger partial charge in [-0.1, -0.05) is 62.6 Å². The minimum atomic E-state index is -0.452. The number of phenolic OH excluding ortho intramolecular Hbond substituents is 1. The van der Waals surface area contributed by atoms with Gasteiger partial charge in [0, 0.05) is 16.8 Å². The molecule has 0 aliphatic heterocycles. The number of phenols is 1. The lowest BCUT2D eigenvalue weighted by molar-refractivity contribution is 0.464. The van der Waals surface area contributed by atoms with Crippen molar-refractivity contribution in [2.45, 2.75) is 39.0 Å². The number of fused-ring (bicyclic) bond motifs is 1. The van der Waals surface area contributed by atoms with Gasteiger partial charge in [-0.15, -0.1) is 11.3 Å². The Morgan fingerprint density at radius 3 is 2.71 bits per heavy atom. The molecule has 0 unspecified atom stereocenters. The van der Waals surface area contributed by atoms with E-state index in [2.05, 4.69) is 11.9 Å². The van der Waals surface area contributed by atoms with Gasteiger partial charge >= 0.3 is 5.63 Å². The Bertz CT molecular complexity index is 1250. The molecule has 4 rings (SSSR count). The zero-order valence-corrected chi connectivity index (χ0v) is 18.3. The molecule has 4 nitrogen and oxygen atoms in total. The molecule has 0 bridgehead atoms. The minimum Gasteiger partial charge on any atom is -0.508 e. The van der Waals surface area contributed by atoms with Crippen molar-refractivity contribution in [3.8, 4) is 17.0 Å². The van der Waals surface area contributed by atoms with E-state index in [4.69, 9.17) is 4.42 Å². The number of thiazole rings is 1. The third kappa shape index (κ3) is 5.12. The number of benzene rings is 2. The Kier molecular flexibility index (Phi) is 6.63. The van der Waals surface area contributed by atoms with Crippen LogP contribution in [0.1, 0.15) is 48.7 Å². The van der Waals surface area contributed by atoms with E-state index < -0.39 is 5.63 Å². The van der Waals surface area contributed by atoms with Gasteiger partial charge in [0.2, 0.25) is 0 Å². The van der Waals surface area contributed by atoms with E-state index in [-0.39, 0.29) is 5.75 Å². The maximum absolute atomic E-state index is 12.6. The Morgan fingerprint density at radius 2 is 1.90 bits per heavy atom. The number of rotatable bonds is 8. The Labute approximate surface area is 185 Å². The predicted molar refractivity (Wildman–Crippen MR) is 128 cm³/mol. The van der Waals surface area contributed by atoms with E-state index in [1.807, 2.05) is 60.0 Å². The summed E-state index contributed by atoms with van der Waals surface area (Å²) in [6.45, 7) is 2.18. The second-order valence-electron chi connectivity index (χ2n) is 7.59. The molecule has 158 valence electrons. The molecule has 1 N–H and O–H groups in total. The second-order valence-corrected chi connectivity index (χ2v) is 8.48. The van der Waals surface area contributed by atoms with Gasteiger partial charge in [-0.25, -0.2) is 9.78 Å². The van der Waals surface area contributed by atoms with Crippen LogP contribution >= 0.6 is 11.3 Å². The van der Waals surface area contributed by atoms with Crippen molar-refractivity contribution >= 4 is 34.5 Å². The van der Waals surface area contributed by atoms with Crippen molar-refractivity contribution < 1.29 is 9.52 Å². The molecule has 4 aromatic rings. The number of unbranched alkanes of at least 4 members (excludes halogenated alkanes) is 3. The van der Waals surface area contributed by atoms with Crippen LogP contribution in [0.25, 0.3) is 34.4 Å². The van der Waals surface area contributed by atoms with E-state index in [0.29, 0.717) is 16.8 Å².